The van der Waals surface area contributed by atoms with Crippen LogP contribution in [0.15, 0.2) is 60.8 Å². The number of aromatic carboxylic acids is 1. The highest BCUT2D eigenvalue weighted by Crippen LogP contribution is 2.50. The molecule has 0 radical (unpaired) electrons. The van der Waals surface area contributed by atoms with Crippen molar-refractivity contribution in [2.24, 2.45) is 0 Å². The number of alkyl halides is 9. The number of nitrogens with zero attached hydrogens (tertiary/aromatic N) is 2. The zero-order valence-electron chi connectivity index (χ0n) is 27.4. The summed E-state index contributed by atoms with van der Waals surface area (Å²) in [7, 11) is 1.17. The fourth-order valence-electron chi connectivity index (χ4n) is 6.94. The molecule has 1 N–H and O–H groups in total. The van der Waals surface area contributed by atoms with E-state index >= 15 is 4.39 Å². The number of piperidine rings is 1. The quantitative estimate of drug-likeness (QED) is 0.197. The molecule has 0 aliphatic carbocycles. The van der Waals surface area contributed by atoms with E-state index in [2.05, 4.69) is 4.98 Å². The Hall–Kier alpha value is -5.35. The molecular weight excluding hydrogens is 730 g/mol. The summed E-state index contributed by atoms with van der Waals surface area (Å²) in [4.78, 5) is 29.6. The molecule has 2 saturated heterocycles. The second-order valence-corrected chi connectivity index (χ2v) is 12.6. The molecule has 0 spiro atoms. The van der Waals surface area contributed by atoms with Crippen molar-refractivity contribution < 1.29 is 68.1 Å². The van der Waals surface area contributed by atoms with Gasteiger partial charge in [-0.2, -0.15) is 39.5 Å². The number of carbonyl (C=O) groups excluding carboxylic acids is 1. The van der Waals surface area contributed by atoms with Crippen molar-refractivity contribution in [1.29, 1.82) is 0 Å². The monoisotopic (exact) mass is 756 g/mol. The summed E-state index contributed by atoms with van der Waals surface area (Å²) < 4.78 is 151. The lowest BCUT2D eigenvalue weighted by Gasteiger charge is -2.38. The number of fused-ring (bicyclic) bond motifs is 1. The maximum Gasteiger partial charge on any atom is 0.433 e. The number of amides is 1. The van der Waals surface area contributed by atoms with Crippen LogP contribution in [0.2, 0.25) is 0 Å². The summed E-state index contributed by atoms with van der Waals surface area (Å²) in [5.41, 5.74) is -5.07. The Bertz CT molecular complexity index is 2080. The van der Waals surface area contributed by atoms with E-state index in [1.807, 2.05) is 0 Å². The van der Waals surface area contributed by atoms with Gasteiger partial charge in [-0.1, -0.05) is 6.07 Å². The van der Waals surface area contributed by atoms with Crippen molar-refractivity contribution in [2.45, 2.75) is 62.9 Å². The van der Waals surface area contributed by atoms with Gasteiger partial charge in [0.25, 0.3) is 0 Å². The molecule has 3 heterocycles. The molecule has 3 atom stereocenters. The van der Waals surface area contributed by atoms with Gasteiger partial charge < -0.3 is 14.6 Å². The van der Waals surface area contributed by atoms with Gasteiger partial charge in [-0.25, -0.2) is 14.0 Å². The van der Waals surface area contributed by atoms with Crippen molar-refractivity contribution in [1.82, 2.24) is 9.88 Å². The van der Waals surface area contributed by atoms with Gasteiger partial charge in [0.15, 0.2) is 0 Å². The van der Waals surface area contributed by atoms with Crippen molar-refractivity contribution >= 4 is 12.1 Å². The first-order valence-electron chi connectivity index (χ1n) is 15.8. The number of rotatable bonds is 6. The summed E-state index contributed by atoms with van der Waals surface area (Å²) >= 11 is 0. The summed E-state index contributed by atoms with van der Waals surface area (Å²) in [6.07, 6.45) is -17.2. The molecule has 3 aromatic carbocycles. The molecule has 7 nitrogen and oxygen atoms in total. The fourth-order valence-corrected chi connectivity index (χ4v) is 6.94. The molecule has 2 fully saturated rings. The zero-order valence-corrected chi connectivity index (χ0v) is 27.4. The van der Waals surface area contributed by atoms with Crippen LogP contribution in [0.1, 0.15) is 75.3 Å². The Morgan fingerprint density at radius 2 is 1.51 bits per heavy atom. The molecule has 1 amide bonds. The minimum absolute atomic E-state index is 0.00481. The Morgan fingerprint density at radius 1 is 0.849 bits per heavy atom. The van der Waals surface area contributed by atoms with Gasteiger partial charge in [-0.05, 0) is 90.9 Å². The Balaban J connectivity index is 1.50. The van der Waals surface area contributed by atoms with Gasteiger partial charge in [-0.15, -0.1) is 0 Å². The molecule has 17 heteroatoms. The molecule has 53 heavy (non-hydrogen) atoms. The van der Waals surface area contributed by atoms with Crippen LogP contribution in [-0.2, 0) is 23.3 Å². The Kier molecular flexibility index (Phi) is 9.35. The van der Waals surface area contributed by atoms with E-state index in [0.29, 0.717) is 23.8 Å². The smallest absolute Gasteiger partial charge is 0.433 e. The van der Waals surface area contributed by atoms with Crippen LogP contribution in [0.4, 0.5) is 48.7 Å². The minimum atomic E-state index is -5.20. The van der Waals surface area contributed by atoms with Gasteiger partial charge in [0.05, 0.1) is 35.9 Å². The number of carboxylic acids is 1. The van der Waals surface area contributed by atoms with Crippen LogP contribution in [0.3, 0.4) is 0 Å². The third-order valence-corrected chi connectivity index (χ3v) is 9.33. The number of cyclic esters (lactones) is 1. The second kappa shape index (κ2) is 13.3. The minimum Gasteiger partial charge on any atom is -0.496 e. The predicted molar refractivity (Wildman–Crippen MR) is 166 cm³/mol. The number of carboxylic acid groups (broad SMARTS) is 1. The van der Waals surface area contributed by atoms with E-state index in [1.165, 1.54) is 38.3 Å². The average Bonchev–Trinajstić information content (AvgIpc) is 3.43. The van der Waals surface area contributed by atoms with Crippen LogP contribution in [0, 0.1) is 12.7 Å². The number of hydrogen-bond donors (Lipinski definition) is 1. The van der Waals surface area contributed by atoms with Crippen molar-refractivity contribution in [3.05, 3.63) is 106 Å². The van der Waals surface area contributed by atoms with E-state index in [4.69, 9.17) is 9.47 Å². The van der Waals surface area contributed by atoms with E-state index in [0.717, 1.165) is 17.2 Å². The van der Waals surface area contributed by atoms with Crippen LogP contribution in [0.5, 0.6) is 5.75 Å². The number of halogens is 10. The molecule has 280 valence electrons. The van der Waals surface area contributed by atoms with Crippen molar-refractivity contribution in [3.8, 4) is 28.0 Å². The molecule has 1 aromatic heterocycles. The first-order chi connectivity index (χ1) is 24.7. The first-order valence-corrected chi connectivity index (χ1v) is 15.8. The van der Waals surface area contributed by atoms with Crippen LogP contribution >= 0.6 is 0 Å². The summed E-state index contributed by atoms with van der Waals surface area (Å²) in [5.74, 6) is -2.23. The van der Waals surface area contributed by atoms with Gasteiger partial charge >= 0.3 is 30.6 Å². The lowest BCUT2D eigenvalue weighted by molar-refractivity contribution is -0.143. The standard InChI is InChI=1S/C36H26F10N2O5/c1-16-8-17(32(49)50)6-7-21(16)22-12-24(29(52-2)14-26(22)37)25-15-47-30(36(44,45)46)13-23(25)27-4-3-5-28-31(53-33(51)48(27)28)18-9-19(34(38,39)40)11-20(10-18)35(41,42)43/h6-15,27-28,31H,3-5H2,1-2H3,(H,49,50)/t27-,28-,31+/m0/s1. The number of methoxy groups -OCH3 is 1. The average molecular weight is 757 g/mol. The number of aromatic nitrogens is 1. The van der Waals surface area contributed by atoms with Gasteiger partial charge in [0.2, 0.25) is 0 Å². The van der Waals surface area contributed by atoms with E-state index in [1.54, 1.807) is 0 Å². The first kappa shape index (κ1) is 37.4. The van der Waals surface area contributed by atoms with Gasteiger partial charge in [-0.3, -0.25) is 9.88 Å². The van der Waals surface area contributed by atoms with Crippen LogP contribution < -0.4 is 4.74 Å². The number of carbonyl (C=O) groups is 2. The maximum absolute atomic E-state index is 15.6. The summed E-state index contributed by atoms with van der Waals surface area (Å²) in [5, 5.41) is 9.37. The molecule has 4 aromatic rings. The molecule has 2 aliphatic heterocycles. The molecule has 0 bridgehead atoms. The normalized spacial score (nSPS) is 19.2. The lowest BCUT2D eigenvalue weighted by Crippen LogP contribution is -2.41. The predicted octanol–water partition coefficient (Wildman–Crippen LogP) is 10.4. The van der Waals surface area contributed by atoms with Gasteiger partial charge in [0.1, 0.15) is 23.4 Å². The van der Waals surface area contributed by atoms with E-state index in [-0.39, 0.29) is 64.5 Å². The van der Waals surface area contributed by atoms with E-state index < -0.39 is 77.0 Å². The zero-order chi connectivity index (χ0) is 38.8. The number of hydrogen-bond acceptors (Lipinski definition) is 5. The number of pyridine rings is 1. The third kappa shape index (κ3) is 7.08. The topological polar surface area (TPSA) is 89.0 Å². The van der Waals surface area contributed by atoms with Crippen molar-refractivity contribution in [3.63, 3.8) is 0 Å². The highest BCUT2D eigenvalue weighted by Gasteiger charge is 2.50. The SMILES string of the molecule is COc1cc(F)c(-c2ccc(C(=O)O)cc2C)cc1-c1cnc(C(F)(F)F)cc1[C@@H]1CCC[C@H]2[C@@H](c3cc(C(F)(F)F)cc(C(F)(F)F)c3)OC(=O)N12. The second-order valence-electron chi connectivity index (χ2n) is 12.6. The van der Waals surface area contributed by atoms with E-state index in [9.17, 15) is 54.2 Å². The lowest BCUT2D eigenvalue weighted by atomic mass is 9.84. The van der Waals surface area contributed by atoms with Crippen LogP contribution in [0.25, 0.3) is 22.3 Å². The highest BCUT2D eigenvalue weighted by atomic mass is 19.4. The molecule has 6 rings (SSSR count). The molecule has 0 saturated carbocycles. The third-order valence-electron chi connectivity index (χ3n) is 9.33. The van der Waals surface area contributed by atoms with Crippen molar-refractivity contribution in [2.75, 3.05) is 7.11 Å². The van der Waals surface area contributed by atoms with Crippen LogP contribution in [-0.4, -0.2) is 40.2 Å². The summed E-state index contributed by atoms with van der Waals surface area (Å²) in [6, 6.07) is 5.12. The summed E-state index contributed by atoms with van der Waals surface area (Å²) in [6.45, 7) is 1.52. The molecular formula is C36H26F10N2O5. The highest BCUT2D eigenvalue weighted by molar-refractivity contribution is 5.89. The molecule has 2 aliphatic rings. The Morgan fingerprint density at radius 3 is 2.08 bits per heavy atom. The van der Waals surface area contributed by atoms with Gasteiger partial charge in [0, 0.05) is 29.0 Å². The Labute approximate surface area is 293 Å². The fraction of sp³-hybridized carbons (Fsp3) is 0.306. The number of aryl methyl sites for hydroxylation is 1. The largest absolute Gasteiger partial charge is 0.496 e. The number of benzene rings is 3. The maximum atomic E-state index is 15.6. The number of ether oxygens (including phenoxy) is 2. The molecule has 0 unspecified atom stereocenters.